The quantitative estimate of drug-likeness (QED) is 0.515. The molecule has 0 aromatic heterocycles. The van der Waals surface area contributed by atoms with E-state index in [9.17, 15) is 10.2 Å². The van der Waals surface area contributed by atoms with Crippen LogP contribution in [0.2, 0.25) is 0 Å². The molecule has 2 aromatic rings. The fraction of sp³-hybridized carbons (Fsp3) is 0.586. The van der Waals surface area contributed by atoms with Crippen LogP contribution in [0, 0.1) is 0 Å². The van der Waals surface area contributed by atoms with Crippen LogP contribution in [0.1, 0.15) is 116 Å². The van der Waals surface area contributed by atoms with Crippen LogP contribution in [0.4, 0.5) is 0 Å². The average molecular weight is 425 g/mol. The summed E-state index contributed by atoms with van der Waals surface area (Å²) >= 11 is 0. The number of hydrogen-bond donors (Lipinski definition) is 2. The lowest BCUT2D eigenvalue weighted by molar-refractivity contribution is 0.422. The van der Waals surface area contributed by atoms with E-state index in [1.54, 1.807) is 0 Å². The van der Waals surface area contributed by atoms with Crippen molar-refractivity contribution in [3.8, 4) is 11.5 Å². The predicted molar refractivity (Wildman–Crippen MR) is 134 cm³/mol. The Morgan fingerprint density at radius 3 is 1.13 bits per heavy atom. The Hall–Kier alpha value is -1.96. The van der Waals surface area contributed by atoms with E-state index in [0.717, 1.165) is 17.5 Å². The first-order valence-corrected chi connectivity index (χ1v) is 11.5. The summed E-state index contributed by atoms with van der Waals surface area (Å²) in [6.07, 6.45) is 0.770. The molecule has 172 valence electrons. The van der Waals surface area contributed by atoms with Crippen molar-refractivity contribution in [3.63, 3.8) is 0 Å². The molecular weight excluding hydrogens is 380 g/mol. The van der Waals surface area contributed by atoms with Gasteiger partial charge in [-0.1, -0.05) is 95.2 Å². The van der Waals surface area contributed by atoms with Gasteiger partial charge in [0.15, 0.2) is 0 Å². The highest BCUT2D eigenvalue weighted by molar-refractivity contribution is 5.54. The summed E-state index contributed by atoms with van der Waals surface area (Å²) in [6, 6.07) is 8.22. The molecule has 2 heteroatoms. The van der Waals surface area contributed by atoms with Crippen molar-refractivity contribution in [2.24, 2.45) is 0 Å². The van der Waals surface area contributed by atoms with Crippen molar-refractivity contribution in [2.45, 2.75) is 111 Å². The number of phenolic OH excluding ortho intramolecular Hbond substituents is 2. The summed E-state index contributed by atoms with van der Waals surface area (Å²) in [5, 5.41) is 21.6. The van der Waals surface area contributed by atoms with Gasteiger partial charge in [0.2, 0.25) is 0 Å². The van der Waals surface area contributed by atoms with Crippen molar-refractivity contribution in [1.82, 2.24) is 0 Å². The fourth-order valence-electron chi connectivity index (χ4n) is 4.33. The highest BCUT2D eigenvalue weighted by Crippen LogP contribution is 2.42. The molecule has 2 N–H and O–H groups in total. The number of hydrogen-bond acceptors (Lipinski definition) is 2. The molecular formula is C29H44O2. The lowest BCUT2D eigenvalue weighted by Gasteiger charge is -2.32. The van der Waals surface area contributed by atoms with E-state index in [1.807, 2.05) is 12.1 Å². The first-order valence-electron chi connectivity index (χ1n) is 11.5. The van der Waals surface area contributed by atoms with Crippen LogP contribution < -0.4 is 0 Å². The summed E-state index contributed by atoms with van der Waals surface area (Å²) in [6.45, 7) is 26.1. The Bertz CT molecular complexity index is 882. The Balaban J connectivity index is 2.85. The minimum Gasteiger partial charge on any atom is -0.508 e. The van der Waals surface area contributed by atoms with Gasteiger partial charge in [0, 0.05) is 0 Å². The smallest absolute Gasteiger partial charge is 0.123 e. The zero-order valence-electron chi connectivity index (χ0n) is 21.9. The molecule has 2 nitrogen and oxygen atoms in total. The molecule has 31 heavy (non-hydrogen) atoms. The second-order valence-corrected chi connectivity index (χ2v) is 13.2. The molecule has 0 spiro atoms. The standard InChI is InChI=1S/C29H44O2/c1-26(2,3)21-16-19(30)17-22(27(4,5)6)20(21)13-18-14-23(28(7,8)9)25(31)24(15-18)29(10,11)12/h14-17,30-31H,13H2,1-12H3. The van der Waals surface area contributed by atoms with Crippen LogP contribution in [0.5, 0.6) is 11.5 Å². The molecule has 0 heterocycles. The van der Waals surface area contributed by atoms with Crippen molar-refractivity contribution >= 4 is 0 Å². The van der Waals surface area contributed by atoms with E-state index in [2.05, 4.69) is 95.2 Å². The molecule has 0 amide bonds. The highest BCUT2D eigenvalue weighted by Gasteiger charge is 2.29. The van der Waals surface area contributed by atoms with Gasteiger partial charge in [-0.15, -0.1) is 0 Å². The number of aromatic hydroxyl groups is 2. The lowest BCUT2D eigenvalue weighted by Crippen LogP contribution is -2.22. The summed E-state index contributed by atoms with van der Waals surface area (Å²) < 4.78 is 0. The lowest BCUT2D eigenvalue weighted by atomic mass is 9.73. The summed E-state index contributed by atoms with van der Waals surface area (Å²) in [5.41, 5.74) is 6.32. The van der Waals surface area contributed by atoms with E-state index in [1.165, 1.54) is 22.3 Å². The van der Waals surface area contributed by atoms with Crippen LogP contribution in [0.15, 0.2) is 24.3 Å². The fourth-order valence-corrected chi connectivity index (χ4v) is 4.33. The zero-order valence-corrected chi connectivity index (χ0v) is 21.9. The Morgan fingerprint density at radius 1 is 0.516 bits per heavy atom. The summed E-state index contributed by atoms with van der Waals surface area (Å²) in [4.78, 5) is 0. The molecule has 0 atom stereocenters. The molecule has 0 unspecified atom stereocenters. The minimum atomic E-state index is -0.158. The van der Waals surface area contributed by atoms with Gasteiger partial charge in [-0.2, -0.15) is 0 Å². The molecule has 0 aliphatic rings. The highest BCUT2D eigenvalue weighted by atomic mass is 16.3. The molecule has 0 aliphatic heterocycles. The number of phenols is 2. The van der Waals surface area contributed by atoms with Gasteiger partial charge in [0.1, 0.15) is 11.5 Å². The van der Waals surface area contributed by atoms with Gasteiger partial charge in [-0.25, -0.2) is 0 Å². The van der Waals surface area contributed by atoms with Crippen LogP contribution in [-0.2, 0) is 28.1 Å². The molecule has 0 fully saturated rings. The van der Waals surface area contributed by atoms with E-state index >= 15 is 0 Å². The largest absolute Gasteiger partial charge is 0.508 e. The van der Waals surface area contributed by atoms with Gasteiger partial charge in [-0.3, -0.25) is 0 Å². The third kappa shape index (κ3) is 5.64. The second-order valence-electron chi connectivity index (χ2n) is 13.2. The zero-order chi connectivity index (χ0) is 24.2. The monoisotopic (exact) mass is 424 g/mol. The third-order valence-corrected chi connectivity index (χ3v) is 6.02. The molecule has 0 radical (unpaired) electrons. The maximum absolute atomic E-state index is 11.1. The minimum absolute atomic E-state index is 0.0926. The number of benzene rings is 2. The summed E-state index contributed by atoms with van der Waals surface area (Å²) in [5.74, 6) is 0.747. The van der Waals surface area contributed by atoms with Crippen LogP contribution >= 0.6 is 0 Å². The molecule has 0 saturated carbocycles. The van der Waals surface area contributed by atoms with E-state index in [-0.39, 0.29) is 21.7 Å². The Labute approximate surface area is 190 Å². The van der Waals surface area contributed by atoms with E-state index in [4.69, 9.17) is 0 Å². The Morgan fingerprint density at radius 2 is 0.839 bits per heavy atom. The van der Waals surface area contributed by atoms with Gasteiger partial charge in [0.05, 0.1) is 0 Å². The SMILES string of the molecule is CC(C)(C)c1cc(Cc2c(C(C)(C)C)cc(O)cc2C(C)(C)C)cc(C(C)(C)C)c1O. The molecule has 0 aliphatic carbocycles. The molecule has 2 rings (SSSR count). The van der Waals surface area contributed by atoms with Crippen molar-refractivity contribution in [3.05, 3.63) is 57.6 Å². The van der Waals surface area contributed by atoms with Gasteiger partial charge in [-0.05, 0) is 73.6 Å². The van der Waals surface area contributed by atoms with Crippen LogP contribution in [-0.4, -0.2) is 10.2 Å². The molecule has 0 saturated heterocycles. The van der Waals surface area contributed by atoms with E-state index in [0.29, 0.717) is 11.5 Å². The van der Waals surface area contributed by atoms with Crippen molar-refractivity contribution in [1.29, 1.82) is 0 Å². The van der Waals surface area contributed by atoms with Crippen molar-refractivity contribution in [2.75, 3.05) is 0 Å². The van der Waals surface area contributed by atoms with Crippen molar-refractivity contribution < 1.29 is 10.2 Å². The maximum Gasteiger partial charge on any atom is 0.123 e. The third-order valence-electron chi connectivity index (χ3n) is 6.02. The van der Waals surface area contributed by atoms with Crippen LogP contribution in [0.25, 0.3) is 0 Å². The maximum atomic E-state index is 11.1. The van der Waals surface area contributed by atoms with Gasteiger partial charge in [0.25, 0.3) is 0 Å². The first kappa shape index (κ1) is 25.3. The van der Waals surface area contributed by atoms with E-state index < -0.39 is 0 Å². The Kier molecular flexibility index (Phi) is 6.42. The van der Waals surface area contributed by atoms with Crippen LogP contribution in [0.3, 0.4) is 0 Å². The van der Waals surface area contributed by atoms with Gasteiger partial charge >= 0.3 is 0 Å². The second kappa shape index (κ2) is 7.87. The summed E-state index contributed by atoms with van der Waals surface area (Å²) in [7, 11) is 0. The van der Waals surface area contributed by atoms with Gasteiger partial charge < -0.3 is 10.2 Å². The molecule has 2 aromatic carbocycles. The number of rotatable bonds is 2. The normalized spacial score (nSPS) is 13.5. The molecule has 0 bridgehead atoms. The topological polar surface area (TPSA) is 40.5 Å². The average Bonchev–Trinajstić information content (AvgIpc) is 2.53. The first-order chi connectivity index (χ1) is 13.7. The predicted octanol–water partition coefficient (Wildman–Crippen LogP) is 7.88.